The van der Waals surface area contributed by atoms with Gasteiger partial charge in [-0.1, -0.05) is 42.5 Å². The molecule has 0 aliphatic heterocycles. The highest BCUT2D eigenvalue weighted by Gasteiger charge is 2.13. The number of carbonyl (C=O) groups is 1. The summed E-state index contributed by atoms with van der Waals surface area (Å²) < 4.78 is 6.66. The number of fused-ring (bicyclic) bond motifs is 1. The van der Waals surface area contributed by atoms with Gasteiger partial charge in [-0.3, -0.25) is 4.79 Å². The zero-order valence-electron chi connectivity index (χ0n) is 14.8. The molecule has 4 rings (SSSR count). The maximum atomic E-state index is 12.3. The van der Waals surface area contributed by atoms with Crippen LogP contribution >= 0.6 is 11.3 Å². The average molecular weight is 374 g/mol. The lowest BCUT2D eigenvalue weighted by Gasteiger charge is -2.12. The smallest absolute Gasteiger partial charge is 0.262 e. The van der Waals surface area contributed by atoms with E-state index in [4.69, 9.17) is 9.72 Å². The second kappa shape index (κ2) is 7.60. The first-order chi connectivity index (χ1) is 13.2. The zero-order valence-corrected chi connectivity index (χ0v) is 15.6. The summed E-state index contributed by atoms with van der Waals surface area (Å²) in [4.78, 5) is 17.0. The zero-order chi connectivity index (χ0) is 18.6. The van der Waals surface area contributed by atoms with Gasteiger partial charge < -0.3 is 10.1 Å². The summed E-state index contributed by atoms with van der Waals surface area (Å²) in [7, 11) is 0. The number of aromatic nitrogens is 1. The Bertz CT molecular complexity index is 1060. The highest BCUT2D eigenvalue weighted by Crippen LogP contribution is 2.34. The second-order valence-electron chi connectivity index (χ2n) is 6.11. The summed E-state index contributed by atoms with van der Waals surface area (Å²) in [6, 6.07) is 23.2. The molecule has 1 amide bonds. The van der Waals surface area contributed by atoms with E-state index in [1.54, 1.807) is 11.3 Å². The van der Waals surface area contributed by atoms with Crippen LogP contribution in [0.25, 0.3) is 20.8 Å². The Kier molecular flexibility index (Phi) is 4.85. The first-order valence-electron chi connectivity index (χ1n) is 8.64. The first-order valence-corrected chi connectivity index (χ1v) is 9.45. The van der Waals surface area contributed by atoms with E-state index in [0.29, 0.717) is 5.75 Å². The maximum absolute atomic E-state index is 12.3. The van der Waals surface area contributed by atoms with Gasteiger partial charge in [-0.25, -0.2) is 4.98 Å². The Hall–Kier alpha value is -3.18. The van der Waals surface area contributed by atoms with Crippen molar-refractivity contribution in [2.75, 3.05) is 11.9 Å². The van der Waals surface area contributed by atoms with E-state index in [9.17, 15) is 4.79 Å². The standard InChI is InChI=1S/C22H18N2O2S/c1-15-17(22-24-19-11-5-6-13-20(19)27-22)10-7-12-18(15)23-21(25)14-26-16-8-3-2-4-9-16/h2-13H,14H2,1H3,(H,23,25). The van der Waals surface area contributed by atoms with Crippen molar-refractivity contribution in [3.8, 4) is 16.3 Å². The Morgan fingerprint density at radius 1 is 1.00 bits per heavy atom. The topological polar surface area (TPSA) is 51.2 Å². The Balaban J connectivity index is 1.52. The van der Waals surface area contributed by atoms with Crippen LogP contribution in [0, 0.1) is 6.92 Å². The molecule has 0 spiro atoms. The highest BCUT2D eigenvalue weighted by atomic mass is 32.1. The number of benzene rings is 3. The van der Waals surface area contributed by atoms with E-state index in [-0.39, 0.29) is 12.5 Å². The first kappa shape index (κ1) is 17.2. The largest absolute Gasteiger partial charge is 0.484 e. The minimum absolute atomic E-state index is 0.0329. The van der Waals surface area contributed by atoms with Crippen LogP contribution in [0.15, 0.2) is 72.8 Å². The number of nitrogens with one attached hydrogen (secondary N) is 1. The van der Waals surface area contributed by atoms with E-state index in [1.807, 2.05) is 73.7 Å². The number of ether oxygens (including phenoxy) is 1. The normalized spacial score (nSPS) is 10.7. The minimum Gasteiger partial charge on any atom is -0.484 e. The van der Waals surface area contributed by atoms with E-state index in [1.165, 1.54) is 0 Å². The molecule has 0 radical (unpaired) electrons. The van der Waals surface area contributed by atoms with Crippen LogP contribution in [0.4, 0.5) is 5.69 Å². The van der Waals surface area contributed by atoms with Gasteiger partial charge in [0, 0.05) is 11.3 Å². The summed E-state index contributed by atoms with van der Waals surface area (Å²) in [6.07, 6.45) is 0. The van der Waals surface area contributed by atoms with Crippen LogP contribution in [-0.2, 0) is 4.79 Å². The minimum atomic E-state index is -0.191. The molecule has 0 atom stereocenters. The van der Waals surface area contributed by atoms with Crippen molar-refractivity contribution in [2.45, 2.75) is 6.92 Å². The van der Waals surface area contributed by atoms with E-state index in [2.05, 4.69) is 11.4 Å². The lowest BCUT2D eigenvalue weighted by molar-refractivity contribution is -0.118. The molecule has 4 aromatic rings. The van der Waals surface area contributed by atoms with Gasteiger partial charge in [0.2, 0.25) is 0 Å². The molecule has 5 heteroatoms. The third-order valence-electron chi connectivity index (χ3n) is 4.25. The molecule has 27 heavy (non-hydrogen) atoms. The Morgan fingerprint density at radius 2 is 1.78 bits per heavy atom. The molecule has 134 valence electrons. The van der Waals surface area contributed by atoms with E-state index < -0.39 is 0 Å². The summed E-state index contributed by atoms with van der Waals surface area (Å²) in [5.41, 5.74) is 3.78. The van der Waals surface area contributed by atoms with Crippen molar-refractivity contribution in [1.82, 2.24) is 4.98 Å². The third kappa shape index (κ3) is 3.83. The van der Waals surface area contributed by atoms with Crippen LogP contribution in [0.1, 0.15) is 5.56 Å². The number of amides is 1. The van der Waals surface area contributed by atoms with Gasteiger partial charge in [0.25, 0.3) is 5.91 Å². The van der Waals surface area contributed by atoms with Gasteiger partial charge in [-0.15, -0.1) is 11.3 Å². The number of nitrogens with zero attached hydrogens (tertiary/aromatic N) is 1. The summed E-state index contributed by atoms with van der Waals surface area (Å²) in [5.74, 6) is 0.482. The van der Waals surface area contributed by atoms with Crippen LogP contribution in [0.3, 0.4) is 0 Å². The molecule has 0 saturated heterocycles. The molecular formula is C22H18N2O2S. The molecule has 1 heterocycles. The van der Waals surface area contributed by atoms with Crippen molar-refractivity contribution in [2.24, 2.45) is 0 Å². The molecule has 1 N–H and O–H groups in total. The van der Waals surface area contributed by atoms with Crippen LogP contribution < -0.4 is 10.1 Å². The SMILES string of the molecule is Cc1c(NC(=O)COc2ccccc2)cccc1-c1nc2ccccc2s1. The molecular weight excluding hydrogens is 356 g/mol. The molecule has 4 nitrogen and oxygen atoms in total. The van der Waals surface area contributed by atoms with Crippen molar-refractivity contribution in [3.63, 3.8) is 0 Å². The number of para-hydroxylation sites is 2. The fourth-order valence-electron chi connectivity index (χ4n) is 2.84. The van der Waals surface area contributed by atoms with Gasteiger partial charge in [0.15, 0.2) is 6.61 Å². The molecule has 0 aliphatic rings. The molecule has 0 bridgehead atoms. The second-order valence-corrected chi connectivity index (χ2v) is 7.15. The molecule has 0 saturated carbocycles. The number of hydrogen-bond acceptors (Lipinski definition) is 4. The van der Waals surface area contributed by atoms with Gasteiger partial charge in [0.1, 0.15) is 10.8 Å². The van der Waals surface area contributed by atoms with Crippen molar-refractivity contribution in [1.29, 1.82) is 0 Å². The lowest BCUT2D eigenvalue weighted by atomic mass is 10.1. The van der Waals surface area contributed by atoms with Gasteiger partial charge in [0.05, 0.1) is 10.2 Å². The van der Waals surface area contributed by atoms with Gasteiger partial charge in [-0.2, -0.15) is 0 Å². The quantitative estimate of drug-likeness (QED) is 0.516. The van der Waals surface area contributed by atoms with E-state index in [0.717, 1.165) is 32.0 Å². The van der Waals surface area contributed by atoms with Crippen molar-refractivity contribution in [3.05, 3.63) is 78.4 Å². The third-order valence-corrected chi connectivity index (χ3v) is 5.31. The monoisotopic (exact) mass is 374 g/mol. The van der Waals surface area contributed by atoms with Gasteiger partial charge >= 0.3 is 0 Å². The fraction of sp³-hybridized carbons (Fsp3) is 0.0909. The van der Waals surface area contributed by atoms with Gasteiger partial charge in [-0.05, 0) is 42.8 Å². The summed E-state index contributed by atoms with van der Waals surface area (Å²) in [5, 5.41) is 3.89. The summed E-state index contributed by atoms with van der Waals surface area (Å²) >= 11 is 1.65. The number of anilines is 1. The molecule has 1 aromatic heterocycles. The van der Waals surface area contributed by atoms with Crippen molar-refractivity contribution >= 4 is 33.1 Å². The van der Waals surface area contributed by atoms with Crippen molar-refractivity contribution < 1.29 is 9.53 Å². The Morgan fingerprint density at radius 3 is 2.59 bits per heavy atom. The van der Waals surface area contributed by atoms with Crippen LogP contribution in [-0.4, -0.2) is 17.5 Å². The maximum Gasteiger partial charge on any atom is 0.262 e. The predicted octanol–water partition coefficient (Wildman–Crippen LogP) is 5.29. The fourth-order valence-corrected chi connectivity index (χ4v) is 3.89. The highest BCUT2D eigenvalue weighted by molar-refractivity contribution is 7.21. The lowest BCUT2D eigenvalue weighted by Crippen LogP contribution is -2.20. The van der Waals surface area contributed by atoms with Crippen LogP contribution in [0.2, 0.25) is 0 Å². The molecule has 0 aliphatic carbocycles. The molecule has 0 fully saturated rings. The predicted molar refractivity (Wildman–Crippen MR) is 110 cm³/mol. The number of carbonyl (C=O) groups excluding carboxylic acids is 1. The molecule has 3 aromatic carbocycles. The van der Waals surface area contributed by atoms with Crippen LogP contribution in [0.5, 0.6) is 5.75 Å². The summed E-state index contributed by atoms with van der Waals surface area (Å²) in [6.45, 7) is 1.96. The Labute approximate surface area is 161 Å². The number of hydrogen-bond donors (Lipinski definition) is 1. The molecule has 0 unspecified atom stereocenters. The number of rotatable bonds is 5. The number of thiazole rings is 1. The average Bonchev–Trinajstić information content (AvgIpc) is 3.13. The van der Waals surface area contributed by atoms with E-state index >= 15 is 0 Å².